The standard InChI is InChI=1S/C44H29NS/c1-4-12-30(13-5-1)34-26-35(31-14-6-2-7-15-31)28-36(27-34)45-42-22-20-33(38-19-11-10-18-37(38)32-16-8-3-9-17-32)29-41(42)39-21-23-43-40(44(39)45)24-25-46-43/h1-29H. The minimum absolute atomic E-state index is 1.16. The van der Waals surface area contributed by atoms with Gasteiger partial charge in [-0.2, -0.15) is 0 Å². The monoisotopic (exact) mass is 603 g/mol. The summed E-state index contributed by atoms with van der Waals surface area (Å²) in [6, 6.07) is 61.8. The first-order chi connectivity index (χ1) is 22.8. The predicted molar refractivity (Wildman–Crippen MR) is 198 cm³/mol. The molecule has 0 unspecified atom stereocenters. The van der Waals surface area contributed by atoms with Gasteiger partial charge in [0.05, 0.1) is 11.0 Å². The fourth-order valence-electron chi connectivity index (χ4n) is 6.93. The zero-order valence-corrected chi connectivity index (χ0v) is 25.9. The van der Waals surface area contributed by atoms with Gasteiger partial charge < -0.3 is 4.57 Å². The normalized spacial score (nSPS) is 11.5. The molecule has 2 heteroatoms. The first-order valence-electron chi connectivity index (χ1n) is 15.7. The van der Waals surface area contributed by atoms with Crippen molar-refractivity contribution in [3.05, 3.63) is 175 Å². The van der Waals surface area contributed by atoms with Gasteiger partial charge in [-0.05, 0) is 92.4 Å². The van der Waals surface area contributed by atoms with Gasteiger partial charge in [0.2, 0.25) is 0 Å². The molecule has 0 saturated heterocycles. The topological polar surface area (TPSA) is 4.93 Å². The Balaban J connectivity index is 1.34. The summed E-state index contributed by atoms with van der Waals surface area (Å²) >= 11 is 1.80. The van der Waals surface area contributed by atoms with Crippen molar-refractivity contribution >= 4 is 43.2 Å². The van der Waals surface area contributed by atoms with E-state index in [9.17, 15) is 0 Å². The molecule has 9 rings (SSSR count). The molecule has 2 heterocycles. The Labute approximate surface area is 272 Å². The van der Waals surface area contributed by atoms with Gasteiger partial charge in [-0.25, -0.2) is 0 Å². The maximum atomic E-state index is 2.49. The lowest BCUT2D eigenvalue weighted by atomic mass is 9.94. The van der Waals surface area contributed by atoms with Crippen molar-refractivity contribution < 1.29 is 0 Å². The van der Waals surface area contributed by atoms with Crippen LogP contribution in [0.5, 0.6) is 0 Å². The summed E-state index contributed by atoms with van der Waals surface area (Å²) < 4.78 is 3.79. The van der Waals surface area contributed by atoms with Crippen LogP contribution >= 0.6 is 11.3 Å². The Hall–Kier alpha value is -5.70. The summed E-state index contributed by atoms with van der Waals surface area (Å²) in [5, 5.41) is 6.03. The summed E-state index contributed by atoms with van der Waals surface area (Å²) in [5.74, 6) is 0. The molecule has 0 aliphatic carbocycles. The van der Waals surface area contributed by atoms with Crippen molar-refractivity contribution in [1.29, 1.82) is 0 Å². The maximum absolute atomic E-state index is 2.49. The Morgan fingerprint density at radius 3 is 1.61 bits per heavy atom. The zero-order chi connectivity index (χ0) is 30.5. The largest absolute Gasteiger partial charge is 0.309 e. The van der Waals surface area contributed by atoms with Gasteiger partial charge in [0.25, 0.3) is 0 Å². The van der Waals surface area contributed by atoms with E-state index in [1.165, 1.54) is 76.4 Å². The molecule has 1 nitrogen and oxygen atoms in total. The van der Waals surface area contributed by atoms with E-state index in [0.717, 1.165) is 5.69 Å². The average Bonchev–Trinajstić information content (AvgIpc) is 3.75. The Kier molecular flexibility index (Phi) is 6.40. The number of fused-ring (bicyclic) bond motifs is 5. The molecular formula is C44H29NS. The summed E-state index contributed by atoms with van der Waals surface area (Å²) in [6.07, 6.45) is 0. The molecule has 7 aromatic carbocycles. The number of thiophene rings is 1. The van der Waals surface area contributed by atoms with E-state index in [4.69, 9.17) is 0 Å². The van der Waals surface area contributed by atoms with Gasteiger partial charge in [-0.1, -0.05) is 127 Å². The van der Waals surface area contributed by atoms with Crippen molar-refractivity contribution in [2.24, 2.45) is 0 Å². The Bertz CT molecular complexity index is 2450. The van der Waals surface area contributed by atoms with E-state index in [1.54, 1.807) is 11.3 Å². The second-order valence-electron chi connectivity index (χ2n) is 11.8. The SMILES string of the molecule is c1ccc(-c2cc(-c3ccccc3)cc(-n3c4ccc(-c5ccccc5-c5ccccc5)cc4c4ccc5sccc5c43)c2)cc1. The van der Waals surface area contributed by atoms with E-state index < -0.39 is 0 Å². The number of hydrogen-bond donors (Lipinski definition) is 0. The molecule has 0 radical (unpaired) electrons. The van der Waals surface area contributed by atoms with Crippen LogP contribution in [0.4, 0.5) is 0 Å². The van der Waals surface area contributed by atoms with Crippen molar-refractivity contribution in [1.82, 2.24) is 4.57 Å². The van der Waals surface area contributed by atoms with Crippen LogP contribution in [-0.2, 0) is 0 Å². The molecule has 0 aliphatic heterocycles. The number of rotatable bonds is 5. The lowest BCUT2D eigenvalue weighted by molar-refractivity contribution is 1.19. The predicted octanol–water partition coefficient (Wildman–Crippen LogP) is 12.7. The summed E-state index contributed by atoms with van der Waals surface area (Å²) in [5.41, 5.74) is 13.4. The van der Waals surface area contributed by atoms with E-state index in [1.807, 2.05) is 0 Å². The Morgan fingerprint density at radius 2 is 0.957 bits per heavy atom. The third kappa shape index (κ3) is 4.46. The van der Waals surface area contributed by atoms with Crippen LogP contribution in [0.1, 0.15) is 0 Å². The van der Waals surface area contributed by atoms with Gasteiger partial charge in [0.15, 0.2) is 0 Å². The second-order valence-corrected chi connectivity index (χ2v) is 12.7. The molecule has 0 spiro atoms. The molecule has 216 valence electrons. The van der Waals surface area contributed by atoms with Crippen LogP contribution < -0.4 is 0 Å². The third-order valence-corrected chi connectivity index (χ3v) is 9.95. The molecule has 0 bridgehead atoms. The van der Waals surface area contributed by atoms with Crippen LogP contribution in [-0.4, -0.2) is 4.57 Å². The summed E-state index contributed by atoms with van der Waals surface area (Å²) in [4.78, 5) is 0. The van der Waals surface area contributed by atoms with Crippen LogP contribution in [0.15, 0.2) is 175 Å². The van der Waals surface area contributed by atoms with E-state index in [-0.39, 0.29) is 0 Å². The van der Waals surface area contributed by atoms with Gasteiger partial charge in [0, 0.05) is 26.5 Å². The molecule has 0 fully saturated rings. The molecule has 0 saturated carbocycles. The van der Waals surface area contributed by atoms with Crippen LogP contribution in [0.3, 0.4) is 0 Å². The quantitative estimate of drug-likeness (QED) is 0.184. The number of hydrogen-bond acceptors (Lipinski definition) is 1. The molecular weight excluding hydrogens is 575 g/mol. The van der Waals surface area contributed by atoms with Crippen LogP contribution in [0.25, 0.3) is 82.1 Å². The first-order valence-corrected chi connectivity index (χ1v) is 16.6. The van der Waals surface area contributed by atoms with Crippen LogP contribution in [0, 0.1) is 0 Å². The smallest absolute Gasteiger partial charge is 0.0627 e. The highest BCUT2D eigenvalue weighted by atomic mass is 32.1. The highest BCUT2D eigenvalue weighted by molar-refractivity contribution is 7.17. The molecule has 46 heavy (non-hydrogen) atoms. The van der Waals surface area contributed by atoms with Gasteiger partial charge in [-0.3, -0.25) is 0 Å². The van der Waals surface area contributed by atoms with Crippen molar-refractivity contribution in [3.8, 4) is 50.2 Å². The minimum Gasteiger partial charge on any atom is -0.309 e. The first kappa shape index (κ1) is 26.7. The molecule has 9 aromatic rings. The van der Waals surface area contributed by atoms with Gasteiger partial charge in [-0.15, -0.1) is 11.3 Å². The van der Waals surface area contributed by atoms with Crippen LogP contribution in [0.2, 0.25) is 0 Å². The summed E-state index contributed by atoms with van der Waals surface area (Å²) in [7, 11) is 0. The number of aromatic nitrogens is 1. The molecule has 0 aliphatic rings. The number of benzene rings is 7. The molecule has 0 atom stereocenters. The van der Waals surface area contributed by atoms with E-state index >= 15 is 0 Å². The highest BCUT2D eigenvalue weighted by Crippen LogP contribution is 2.42. The average molecular weight is 604 g/mol. The van der Waals surface area contributed by atoms with E-state index in [2.05, 4.69) is 180 Å². The zero-order valence-electron chi connectivity index (χ0n) is 25.1. The fourth-order valence-corrected chi connectivity index (χ4v) is 7.72. The van der Waals surface area contributed by atoms with Crippen molar-refractivity contribution in [3.63, 3.8) is 0 Å². The van der Waals surface area contributed by atoms with Gasteiger partial charge in [0.1, 0.15) is 0 Å². The lowest BCUT2D eigenvalue weighted by Gasteiger charge is -2.15. The second kappa shape index (κ2) is 11.0. The number of nitrogens with zero attached hydrogens (tertiary/aromatic N) is 1. The molecule has 0 N–H and O–H groups in total. The molecule has 0 amide bonds. The lowest BCUT2D eigenvalue weighted by Crippen LogP contribution is -1.96. The molecule has 2 aromatic heterocycles. The summed E-state index contributed by atoms with van der Waals surface area (Å²) in [6.45, 7) is 0. The fraction of sp³-hybridized carbons (Fsp3) is 0. The minimum atomic E-state index is 1.16. The van der Waals surface area contributed by atoms with E-state index in [0.29, 0.717) is 0 Å². The van der Waals surface area contributed by atoms with Crippen molar-refractivity contribution in [2.45, 2.75) is 0 Å². The maximum Gasteiger partial charge on any atom is 0.0627 e. The Morgan fingerprint density at radius 1 is 0.370 bits per heavy atom. The van der Waals surface area contributed by atoms with Crippen molar-refractivity contribution in [2.75, 3.05) is 0 Å². The highest BCUT2D eigenvalue weighted by Gasteiger charge is 2.18. The van der Waals surface area contributed by atoms with Gasteiger partial charge >= 0.3 is 0 Å². The third-order valence-electron chi connectivity index (χ3n) is 9.07.